The first-order chi connectivity index (χ1) is 23.3. The number of phenolic OH excluding ortho intramolecular Hbond substituents is 2. The number of rotatable bonds is 10. The molecule has 4 aromatic rings. The highest BCUT2D eigenvalue weighted by Gasteiger charge is 2.32. The average molecular weight is 677 g/mol. The summed E-state index contributed by atoms with van der Waals surface area (Å²) in [5, 5.41) is 33.4. The molecule has 1 aromatic heterocycles. The van der Waals surface area contributed by atoms with Crippen LogP contribution in [0, 0.1) is 10.8 Å². The Morgan fingerprint density at radius 2 is 1.28 bits per heavy atom. The summed E-state index contributed by atoms with van der Waals surface area (Å²) in [5.74, 6) is 0.219. The van der Waals surface area contributed by atoms with E-state index in [0.717, 1.165) is 40.7 Å². The van der Waals surface area contributed by atoms with E-state index in [-0.39, 0.29) is 39.2 Å². The summed E-state index contributed by atoms with van der Waals surface area (Å²) in [6.45, 7) is 22.5. The van der Waals surface area contributed by atoms with Crippen LogP contribution in [0.25, 0.3) is 16.7 Å². The van der Waals surface area contributed by atoms with Gasteiger partial charge in [0.1, 0.15) is 28.2 Å². The van der Waals surface area contributed by atoms with Crippen LogP contribution in [0.1, 0.15) is 104 Å². The number of hydrogen-bond donors (Lipinski definition) is 4. The zero-order valence-electron chi connectivity index (χ0n) is 31.8. The minimum atomic E-state index is -0.224. The van der Waals surface area contributed by atoms with Crippen molar-refractivity contribution in [1.29, 1.82) is 0 Å². The summed E-state index contributed by atoms with van der Waals surface area (Å²) in [6, 6.07) is 15.8. The van der Waals surface area contributed by atoms with Gasteiger partial charge in [-0.2, -0.15) is 0 Å². The molecule has 1 heterocycles. The van der Waals surface area contributed by atoms with Gasteiger partial charge in [0.25, 0.3) is 0 Å². The molecule has 0 saturated heterocycles. The van der Waals surface area contributed by atoms with Gasteiger partial charge in [-0.15, -0.1) is 15.0 Å². The molecule has 0 fully saturated rings. The van der Waals surface area contributed by atoms with Crippen molar-refractivity contribution >= 4 is 22.4 Å². The molecule has 3 aromatic carbocycles. The highest BCUT2D eigenvalue weighted by Crippen LogP contribution is 2.44. The van der Waals surface area contributed by atoms with Crippen molar-refractivity contribution in [2.75, 3.05) is 12.5 Å². The Morgan fingerprint density at radius 3 is 1.82 bits per heavy atom. The van der Waals surface area contributed by atoms with Crippen LogP contribution in [0.5, 0.6) is 11.5 Å². The smallest absolute Gasteiger partial charge is 0.146 e. The fourth-order valence-corrected chi connectivity index (χ4v) is 7.72. The highest BCUT2D eigenvalue weighted by molar-refractivity contribution is 6.01. The summed E-state index contributed by atoms with van der Waals surface area (Å²) in [4.78, 5) is 5.95. The molecule has 1 unspecified atom stereocenters. The molecule has 8 heteroatoms. The molecule has 1 atom stereocenters. The molecule has 4 N–H and O–H groups in total. The molecule has 0 saturated carbocycles. The number of hydrazine groups is 1. The number of phenols is 2. The van der Waals surface area contributed by atoms with E-state index in [9.17, 15) is 10.2 Å². The van der Waals surface area contributed by atoms with Crippen LogP contribution in [0.15, 0.2) is 77.8 Å². The molecule has 0 aliphatic heterocycles. The third kappa shape index (κ3) is 8.47. The number of nitrogens with zero attached hydrogens (tertiary/aromatic N) is 4. The predicted octanol–water partition coefficient (Wildman–Crippen LogP) is 9.33. The Kier molecular flexibility index (Phi) is 10.1. The third-order valence-corrected chi connectivity index (χ3v) is 9.37. The lowest BCUT2D eigenvalue weighted by molar-refractivity contribution is 0.283. The lowest BCUT2D eigenvalue weighted by atomic mass is 9.71. The zero-order valence-corrected chi connectivity index (χ0v) is 31.8. The van der Waals surface area contributed by atoms with Crippen LogP contribution >= 0.6 is 0 Å². The van der Waals surface area contributed by atoms with Crippen molar-refractivity contribution in [3.05, 3.63) is 95.1 Å². The van der Waals surface area contributed by atoms with Crippen LogP contribution in [-0.2, 0) is 17.3 Å². The summed E-state index contributed by atoms with van der Waals surface area (Å²) < 4.78 is 0. The van der Waals surface area contributed by atoms with Crippen LogP contribution in [0.3, 0.4) is 0 Å². The van der Waals surface area contributed by atoms with E-state index >= 15 is 0 Å². The summed E-state index contributed by atoms with van der Waals surface area (Å²) >= 11 is 0. The van der Waals surface area contributed by atoms with Gasteiger partial charge in [-0.1, -0.05) is 112 Å². The van der Waals surface area contributed by atoms with Crippen molar-refractivity contribution in [1.82, 2.24) is 20.4 Å². The van der Waals surface area contributed by atoms with Crippen molar-refractivity contribution in [3.63, 3.8) is 0 Å². The number of aliphatic imine (C=N–C) groups is 1. The summed E-state index contributed by atoms with van der Waals surface area (Å²) in [5.41, 5.74) is 13.5. The molecule has 0 spiro atoms. The van der Waals surface area contributed by atoms with Crippen LogP contribution < -0.4 is 10.9 Å². The maximum absolute atomic E-state index is 12.0. The monoisotopic (exact) mass is 676 g/mol. The maximum Gasteiger partial charge on any atom is 0.146 e. The largest absolute Gasteiger partial charge is 0.505 e. The molecular formula is C42H56N6O2. The quantitative estimate of drug-likeness (QED) is 0.0985. The second-order valence-electron chi connectivity index (χ2n) is 17.6. The topological polar surface area (TPSA) is 108 Å². The Morgan fingerprint density at radius 1 is 0.740 bits per heavy atom. The van der Waals surface area contributed by atoms with Crippen LogP contribution in [0.2, 0.25) is 0 Å². The average Bonchev–Trinajstić information content (AvgIpc) is 3.44. The minimum Gasteiger partial charge on any atom is -0.505 e. The van der Waals surface area contributed by atoms with Gasteiger partial charge in [-0.3, -0.25) is 4.99 Å². The van der Waals surface area contributed by atoms with Gasteiger partial charge in [0.2, 0.25) is 0 Å². The van der Waals surface area contributed by atoms with Gasteiger partial charge in [0.05, 0.1) is 17.4 Å². The third-order valence-electron chi connectivity index (χ3n) is 9.37. The minimum absolute atomic E-state index is 0.0742. The molecule has 50 heavy (non-hydrogen) atoms. The summed E-state index contributed by atoms with van der Waals surface area (Å²) in [6.07, 6.45) is 10.1. The van der Waals surface area contributed by atoms with Gasteiger partial charge in [-0.05, 0) is 76.0 Å². The molecule has 266 valence electrons. The fourth-order valence-electron chi connectivity index (χ4n) is 7.72. The van der Waals surface area contributed by atoms with E-state index in [1.807, 2.05) is 60.7 Å². The SMILES string of the molecule is C/N=C1/C=CC=CC1NNc1cc(C(C)(C)CC(C)(C)C)cc(Cc2cc(C(C)(C)CC(C)(C)C)cc(-n3nc4ccccc4n3)c2O)c1O. The number of aromatic hydroxyl groups is 2. The van der Waals surface area contributed by atoms with E-state index in [0.29, 0.717) is 28.9 Å². The lowest BCUT2D eigenvalue weighted by Gasteiger charge is -2.34. The number of benzene rings is 3. The van der Waals surface area contributed by atoms with Crippen LogP contribution in [-0.4, -0.2) is 44.0 Å². The number of allylic oxidation sites excluding steroid dienone is 2. The molecule has 0 bridgehead atoms. The van der Waals surface area contributed by atoms with E-state index in [1.165, 1.54) is 0 Å². The number of nitrogens with one attached hydrogen (secondary N) is 2. The second kappa shape index (κ2) is 13.7. The number of hydrogen-bond acceptors (Lipinski definition) is 7. The van der Waals surface area contributed by atoms with Crippen molar-refractivity contribution in [2.24, 2.45) is 15.8 Å². The van der Waals surface area contributed by atoms with E-state index < -0.39 is 0 Å². The van der Waals surface area contributed by atoms with Crippen LogP contribution in [0.4, 0.5) is 5.69 Å². The molecule has 1 aliphatic rings. The van der Waals surface area contributed by atoms with E-state index in [4.69, 9.17) is 10.2 Å². The first kappa shape index (κ1) is 36.8. The maximum atomic E-state index is 12.0. The van der Waals surface area contributed by atoms with E-state index in [2.05, 4.69) is 97.2 Å². The zero-order chi connectivity index (χ0) is 36.6. The van der Waals surface area contributed by atoms with Crippen molar-refractivity contribution in [2.45, 2.75) is 105 Å². The highest BCUT2D eigenvalue weighted by atomic mass is 16.3. The predicted molar refractivity (Wildman–Crippen MR) is 208 cm³/mol. The first-order valence-corrected chi connectivity index (χ1v) is 17.6. The first-order valence-electron chi connectivity index (χ1n) is 17.6. The van der Waals surface area contributed by atoms with Crippen molar-refractivity contribution in [3.8, 4) is 17.2 Å². The number of anilines is 1. The molecule has 8 nitrogen and oxygen atoms in total. The summed E-state index contributed by atoms with van der Waals surface area (Å²) in [7, 11) is 1.78. The van der Waals surface area contributed by atoms with Gasteiger partial charge >= 0.3 is 0 Å². The van der Waals surface area contributed by atoms with Gasteiger partial charge in [0.15, 0.2) is 0 Å². The van der Waals surface area contributed by atoms with Gasteiger partial charge in [-0.25, -0.2) is 5.43 Å². The molecule has 0 amide bonds. The number of fused-ring (bicyclic) bond motifs is 1. The fraction of sp³-hybridized carbons (Fsp3) is 0.452. The number of aromatic nitrogens is 3. The Balaban J connectivity index is 1.65. The van der Waals surface area contributed by atoms with Crippen molar-refractivity contribution < 1.29 is 10.2 Å². The normalized spacial score (nSPS) is 16.5. The molecule has 5 rings (SSSR count). The standard InChI is InChI=1S/C42H56N6O2/c1-39(2,3)25-41(7,8)29-21-27(37(49)35(23-29)45-44-32-17-13-12-16-31(32)43-11)20-28-22-30(42(9,10)26-40(4,5)6)24-36(38(28)50)48-46-33-18-14-15-19-34(33)47-48/h12-19,21-24,32,44-45,49-50H,20,25-26H2,1-11H3/b43-31-. The van der Waals surface area contributed by atoms with E-state index in [1.54, 1.807) is 11.8 Å². The Labute approximate surface area is 298 Å². The second-order valence-corrected chi connectivity index (χ2v) is 17.6. The van der Waals surface area contributed by atoms with Gasteiger partial charge in [0, 0.05) is 24.6 Å². The molecular weight excluding hydrogens is 621 g/mol. The Hall–Kier alpha value is -4.43. The Bertz CT molecular complexity index is 1920. The molecule has 1 aliphatic carbocycles. The molecule has 0 radical (unpaired) electrons. The van der Waals surface area contributed by atoms with Gasteiger partial charge < -0.3 is 15.6 Å². The lowest BCUT2D eigenvalue weighted by Crippen LogP contribution is -2.39.